The van der Waals surface area contributed by atoms with Gasteiger partial charge in [0.25, 0.3) is 0 Å². The third-order valence-corrected chi connectivity index (χ3v) is 1.27. The van der Waals surface area contributed by atoms with E-state index in [1.54, 1.807) is 0 Å². The van der Waals surface area contributed by atoms with E-state index in [4.69, 9.17) is 0 Å². The predicted molar refractivity (Wildman–Crippen MR) is 42.1 cm³/mol. The van der Waals surface area contributed by atoms with E-state index in [0.29, 0.717) is 0 Å². The van der Waals surface area contributed by atoms with Gasteiger partial charge in [0.15, 0.2) is 0 Å². The molecule has 0 aromatic rings. The summed E-state index contributed by atoms with van der Waals surface area (Å²) >= 11 is 0. The van der Waals surface area contributed by atoms with Crippen LogP contribution in [0.5, 0.6) is 0 Å². The lowest BCUT2D eigenvalue weighted by atomic mass is 10.1. The summed E-state index contributed by atoms with van der Waals surface area (Å²) in [5.41, 5.74) is 1.08. The van der Waals surface area contributed by atoms with E-state index in [1.165, 1.54) is 0 Å². The normalized spacial score (nSPS) is 12.7. The molecule has 0 saturated carbocycles. The van der Waals surface area contributed by atoms with Crippen LogP contribution in [0.3, 0.4) is 0 Å². The van der Waals surface area contributed by atoms with Crippen LogP contribution in [0.15, 0.2) is 17.1 Å². The van der Waals surface area contributed by atoms with Crippen LogP contribution in [0.25, 0.3) is 0 Å². The highest BCUT2D eigenvalue weighted by Crippen LogP contribution is 1.99. The highest BCUT2D eigenvalue weighted by molar-refractivity contribution is 5.26. The highest BCUT2D eigenvalue weighted by Gasteiger charge is 1.99. The molecule has 0 amide bonds. The van der Waals surface area contributed by atoms with Crippen LogP contribution in [0, 0.1) is 0 Å². The van der Waals surface area contributed by atoms with E-state index in [1.807, 2.05) is 14.0 Å². The molecule has 2 heteroatoms. The van der Waals surface area contributed by atoms with Crippen molar-refractivity contribution in [1.82, 2.24) is 5.32 Å². The molecule has 0 rings (SSSR count). The third-order valence-electron chi connectivity index (χ3n) is 1.27. The summed E-state index contributed by atoms with van der Waals surface area (Å²) in [7, 11) is 1.89. The summed E-state index contributed by atoms with van der Waals surface area (Å²) in [6, 6.07) is 0.178. The standard InChI is InChI=1S/C7H14N2/c1-6(5-8-3)7(2)9-4/h7-8H,1,4-5H2,2-3H3. The summed E-state index contributed by atoms with van der Waals surface area (Å²) in [6.45, 7) is 10.0. The van der Waals surface area contributed by atoms with Crippen LogP contribution in [0.4, 0.5) is 0 Å². The molecule has 1 N–H and O–H groups in total. The molecule has 0 spiro atoms. The number of nitrogens with zero attached hydrogens (tertiary/aromatic N) is 1. The number of rotatable bonds is 4. The van der Waals surface area contributed by atoms with Gasteiger partial charge in [0, 0.05) is 6.54 Å². The summed E-state index contributed by atoms with van der Waals surface area (Å²) in [5.74, 6) is 0. The Labute approximate surface area is 56.7 Å². The van der Waals surface area contributed by atoms with Crippen molar-refractivity contribution in [3.8, 4) is 0 Å². The van der Waals surface area contributed by atoms with E-state index in [2.05, 4.69) is 23.6 Å². The lowest BCUT2D eigenvalue weighted by Crippen LogP contribution is -2.16. The molecule has 0 aliphatic carbocycles. The second-order valence-corrected chi connectivity index (χ2v) is 2.05. The molecular formula is C7H14N2. The van der Waals surface area contributed by atoms with Gasteiger partial charge in [0.1, 0.15) is 0 Å². The zero-order valence-electron chi connectivity index (χ0n) is 6.15. The van der Waals surface area contributed by atoms with Gasteiger partial charge in [0.05, 0.1) is 6.04 Å². The lowest BCUT2D eigenvalue weighted by Gasteiger charge is -2.07. The number of likely N-dealkylation sites (N-methyl/N-ethyl adjacent to an activating group) is 1. The molecule has 0 aromatic heterocycles. The molecule has 0 aromatic carbocycles. The minimum atomic E-state index is 0.178. The van der Waals surface area contributed by atoms with E-state index in [-0.39, 0.29) is 6.04 Å². The Morgan fingerprint density at radius 2 is 2.33 bits per heavy atom. The van der Waals surface area contributed by atoms with Crippen molar-refractivity contribution in [3.05, 3.63) is 12.2 Å². The molecule has 2 nitrogen and oxygen atoms in total. The SMILES string of the molecule is C=NC(C)C(=C)CNC. The first-order chi connectivity index (χ1) is 4.22. The third kappa shape index (κ3) is 3.03. The smallest absolute Gasteiger partial charge is 0.0683 e. The minimum Gasteiger partial charge on any atom is -0.316 e. The summed E-state index contributed by atoms with van der Waals surface area (Å²) in [4.78, 5) is 3.82. The number of aliphatic imine (C=N–C) groups is 1. The lowest BCUT2D eigenvalue weighted by molar-refractivity contribution is 0.777. The van der Waals surface area contributed by atoms with E-state index in [9.17, 15) is 0 Å². The number of hydrogen-bond acceptors (Lipinski definition) is 2. The Hall–Kier alpha value is -0.630. The maximum atomic E-state index is 3.82. The molecule has 0 saturated heterocycles. The molecule has 1 atom stereocenters. The number of nitrogens with one attached hydrogen (secondary N) is 1. The predicted octanol–water partition coefficient (Wildman–Crippen LogP) is 0.851. The zero-order valence-corrected chi connectivity index (χ0v) is 6.15. The van der Waals surface area contributed by atoms with Crippen molar-refractivity contribution in [3.63, 3.8) is 0 Å². The number of hydrogen-bond donors (Lipinski definition) is 1. The van der Waals surface area contributed by atoms with Crippen molar-refractivity contribution in [2.45, 2.75) is 13.0 Å². The first-order valence-corrected chi connectivity index (χ1v) is 3.00. The largest absolute Gasteiger partial charge is 0.316 e. The molecule has 0 aliphatic rings. The average molecular weight is 126 g/mol. The van der Waals surface area contributed by atoms with Crippen LogP contribution >= 0.6 is 0 Å². The second kappa shape index (κ2) is 4.27. The van der Waals surface area contributed by atoms with Gasteiger partial charge in [0.2, 0.25) is 0 Å². The van der Waals surface area contributed by atoms with Crippen LogP contribution in [0.1, 0.15) is 6.92 Å². The minimum absolute atomic E-state index is 0.178. The Morgan fingerprint density at radius 3 is 2.67 bits per heavy atom. The van der Waals surface area contributed by atoms with Gasteiger partial charge < -0.3 is 5.32 Å². The van der Waals surface area contributed by atoms with Crippen LogP contribution in [-0.4, -0.2) is 26.4 Å². The topological polar surface area (TPSA) is 24.4 Å². The Kier molecular flexibility index (Phi) is 3.97. The molecule has 0 bridgehead atoms. The fraction of sp³-hybridized carbons (Fsp3) is 0.571. The maximum Gasteiger partial charge on any atom is 0.0683 e. The van der Waals surface area contributed by atoms with Gasteiger partial charge in [-0.3, -0.25) is 4.99 Å². The first-order valence-electron chi connectivity index (χ1n) is 3.00. The Bertz CT molecular complexity index is 107. The van der Waals surface area contributed by atoms with Crippen molar-refractivity contribution in [2.75, 3.05) is 13.6 Å². The summed E-state index contributed by atoms with van der Waals surface area (Å²) in [6.07, 6.45) is 0. The van der Waals surface area contributed by atoms with Crippen molar-refractivity contribution >= 4 is 6.72 Å². The van der Waals surface area contributed by atoms with E-state index >= 15 is 0 Å². The monoisotopic (exact) mass is 126 g/mol. The summed E-state index contributed by atoms with van der Waals surface area (Å²) < 4.78 is 0. The maximum absolute atomic E-state index is 3.82. The molecule has 0 radical (unpaired) electrons. The van der Waals surface area contributed by atoms with Gasteiger partial charge in [-0.05, 0) is 26.3 Å². The van der Waals surface area contributed by atoms with Gasteiger partial charge in [-0.15, -0.1) is 0 Å². The molecule has 1 unspecified atom stereocenters. The molecule has 9 heavy (non-hydrogen) atoms. The Balaban J connectivity index is 3.58. The second-order valence-electron chi connectivity index (χ2n) is 2.05. The molecule has 0 aliphatic heterocycles. The van der Waals surface area contributed by atoms with E-state index < -0.39 is 0 Å². The first kappa shape index (κ1) is 8.37. The Morgan fingerprint density at radius 1 is 1.78 bits per heavy atom. The molecule has 0 heterocycles. The fourth-order valence-electron chi connectivity index (χ4n) is 0.504. The van der Waals surface area contributed by atoms with Crippen LogP contribution in [0.2, 0.25) is 0 Å². The van der Waals surface area contributed by atoms with Crippen LogP contribution in [-0.2, 0) is 0 Å². The van der Waals surface area contributed by atoms with Crippen molar-refractivity contribution < 1.29 is 0 Å². The zero-order chi connectivity index (χ0) is 7.28. The van der Waals surface area contributed by atoms with Crippen LogP contribution < -0.4 is 5.32 Å². The highest BCUT2D eigenvalue weighted by atomic mass is 14.8. The van der Waals surface area contributed by atoms with Gasteiger partial charge in [-0.25, -0.2) is 0 Å². The molecular weight excluding hydrogens is 112 g/mol. The van der Waals surface area contributed by atoms with Crippen molar-refractivity contribution in [1.29, 1.82) is 0 Å². The summed E-state index contributed by atoms with van der Waals surface area (Å²) in [5, 5.41) is 3.00. The van der Waals surface area contributed by atoms with Gasteiger partial charge in [-0.2, -0.15) is 0 Å². The quantitative estimate of drug-likeness (QED) is 0.438. The average Bonchev–Trinajstić information content (AvgIpc) is 1.87. The molecule has 0 fully saturated rings. The van der Waals surface area contributed by atoms with Crippen molar-refractivity contribution in [2.24, 2.45) is 4.99 Å². The van der Waals surface area contributed by atoms with E-state index in [0.717, 1.165) is 12.1 Å². The molecule has 52 valence electrons. The van der Waals surface area contributed by atoms with Gasteiger partial charge in [-0.1, -0.05) is 6.58 Å². The fourth-order valence-corrected chi connectivity index (χ4v) is 0.504. The van der Waals surface area contributed by atoms with Gasteiger partial charge >= 0.3 is 0 Å².